The molecule has 2 atom stereocenters. The topological polar surface area (TPSA) is 78.3 Å². The van der Waals surface area contributed by atoms with Crippen molar-refractivity contribution in [2.75, 3.05) is 30.1 Å². The Labute approximate surface area is 187 Å². The fraction of sp³-hybridized carbons (Fsp3) is 0.318. The monoisotopic (exact) mass is 456 g/mol. The maximum Gasteiger partial charge on any atom is 0.231 e. The predicted molar refractivity (Wildman–Crippen MR) is 123 cm³/mol. The van der Waals surface area contributed by atoms with E-state index in [2.05, 4.69) is 20.6 Å². The number of fused-ring (bicyclic) bond motifs is 2. The van der Waals surface area contributed by atoms with Crippen LogP contribution in [0.4, 0.5) is 20.3 Å². The van der Waals surface area contributed by atoms with Crippen LogP contribution in [0.3, 0.4) is 0 Å². The van der Waals surface area contributed by atoms with E-state index in [9.17, 15) is 9.18 Å². The molecule has 3 aromatic heterocycles. The Morgan fingerprint density at radius 3 is 2.91 bits per heavy atom. The van der Waals surface area contributed by atoms with Gasteiger partial charge in [-0.25, -0.2) is 13.3 Å². The molecule has 2 N–H and O–H groups in total. The summed E-state index contributed by atoms with van der Waals surface area (Å²) in [6, 6.07) is 5.47. The number of aromatic amines is 1. The minimum Gasteiger partial charge on any atom is -0.371 e. The standard InChI is InChI=1S/C22H22F2N6OS/c1-4-29(2)20-18(24)21(32-3)17(14-10-25-27-19(14)20)11-5-6-30-12(7-11)8-16(28-30)26-22(31)13-9-15(13)23/h5-8,10,13,15H,4,9H2,1-3H3,(H,25,27)(H,26,28,31)/t13-,15+/m1/s1. The number of carbonyl (C=O) groups is 1. The minimum atomic E-state index is -1.06. The van der Waals surface area contributed by atoms with Gasteiger partial charge in [0.2, 0.25) is 5.91 Å². The number of rotatable bonds is 6. The first-order valence-corrected chi connectivity index (χ1v) is 11.5. The number of benzene rings is 1. The van der Waals surface area contributed by atoms with Crippen molar-refractivity contribution in [2.24, 2.45) is 5.92 Å². The SMILES string of the molecule is CCN(C)c1c(F)c(SC)c(-c2ccn3nc(NC(=O)[C@@H]4C[C@@H]4F)cc3c2)c2cn[nH]c12. The summed E-state index contributed by atoms with van der Waals surface area (Å²) >= 11 is 1.35. The van der Waals surface area contributed by atoms with Gasteiger partial charge in [0, 0.05) is 36.8 Å². The van der Waals surface area contributed by atoms with E-state index < -0.39 is 12.1 Å². The van der Waals surface area contributed by atoms with Gasteiger partial charge in [-0.15, -0.1) is 11.8 Å². The molecule has 1 aliphatic rings. The molecule has 1 amide bonds. The second-order valence-corrected chi connectivity index (χ2v) is 8.72. The van der Waals surface area contributed by atoms with Crippen molar-refractivity contribution in [1.82, 2.24) is 19.8 Å². The van der Waals surface area contributed by atoms with Crippen LogP contribution >= 0.6 is 11.8 Å². The fourth-order valence-electron chi connectivity index (χ4n) is 3.97. The molecule has 0 bridgehead atoms. The first-order valence-electron chi connectivity index (χ1n) is 10.3. The number of hydrogen-bond donors (Lipinski definition) is 2. The molecule has 0 saturated heterocycles. The van der Waals surface area contributed by atoms with Crippen LogP contribution in [0, 0.1) is 11.7 Å². The molecular formula is C22H22F2N6OS. The smallest absolute Gasteiger partial charge is 0.231 e. The van der Waals surface area contributed by atoms with Crippen LogP contribution in [0.1, 0.15) is 13.3 Å². The number of hydrogen-bond acceptors (Lipinski definition) is 5. The highest BCUT2D eigenvalue weighted by Crippen LogP contribution is 2.44. The molecule has 1 aromatic carbocycles. The lowest BCUT2D eigenvalue weighted by Crippen LogP contribution is -2.18. The third-order valence-corrected chi connectivity index (χ3v) is 6.68. The van der Waals surface area contributed by atoms with Crippen molar-refractivity contribution < 1.29 is 13.6 Å². The van der Waals surface area contributed by atoms with Gasteiger partial charge in [0.1, 0.15) is 6.17 Å². The van der Waals surface area contributed by atoms with Gasteiger partial charge in [-0.05, 0) is 37.3 Å². The summed E-state index contributed by atoms with van der Waals surface area (Å²) in [5, 5.41) is 15.0. The highest BCUT2D eigenvalue weighted by Gasteiger charge is 2.43. The summed E-state index contributed by atoms with van der Waals surface area (Å²) in [6.07, 6.45) is 4.52. The van der Waals surface area contributed by atoms with Gasteiger partial charge in [-0.1, -0.05) is 0 Å². The highest BCUT2D eigenvalue weighted by molar-refractivity contribution is 7.98. The molecule has 4 aromatic rings. The summed E-state index contributed by atoms with van der Waals surface area (Å²) in [7, 11) is 1.85. The van der Waals surface area contributed by atoms with Gasteiger partial charge >= 0.3 is 0 Å². The van der Waals surface area contributed by atoms with Gasteiger partial charge in [0.05, 0.1) is 33.7 Å². The number of thioether (sulfide) groups is 1. The first-order chi connectivity index (χ1) is 15.4. The van der Waals surface area contributed by atoms with Crippen LogP contribution < -0.4 is 10.2 Å². The van der Waals surface area contributed by atoms with Crippen molar-refractivity contribution in [2.45, 2.75) is 24.4 Å². The molecule has 0 unspecified atom stereocenters. The molecule has 7 nitrogen and oxygen atoms in total. The van der Waals surface area contributed by atoms with Gasteiger partial charge in [0.15, 0.2) is 11.6 Å². The van der Waals surface area contributed by atoms with E-state index in [1.807, 2.05) is 37.3 Å². The molecule has 1 fully saturated rings. The number of amides is 1. The molecule has 0 spiro atoms. The van der Waals surface area contributed by atoms with Crippen molar-refractivity contribution in [3.8, 4) is 11.1 Å². The molecule has 32 heavy (non-hydrogen) atoms. The van der Waals surface area contributed by atoms with Crippen LogP contribution in [0.5, 0.6) is 0 Å². The van der Waals surface area contributed by atoms with Gasteiger partial charge < -0.3 is 10.2 Å². The Hall–Kier alpha value is -3.14. The Kier molecular flexibility index (Phi) is 5.04. The zero-order chi connectivity index (χ0) is 22.6. The number of pyridine rings is 1. The van der Waals surface area contributed by atoms with E-state index in [4.69, 9.17) is 0 Å². The average molecular weight is 457 g/mol. The van der Waals surface area contributed by atoms with Crippen molar-refractivity contribution >= 4 is 45.6 Å². The van der Waals surface area contributed by atoms with Crippen LogP contribution in [-0.2, 0) is 4.79 Å². The fourth-order valence-corrected chi connectivity index (χ4v) is 4.67. The van der Waals surface area contributed by atoms with Crippen molar-refractivity contribution in [3.05, 3.63) is 36.4 Å². The summed E-state index contributed by atoms with van der Waals surface area (Å²) < 4.78 is 30.4. The lowest BCUT2D eigenvalue weighted by Gasteiger charge is -2.22. The molecular weight excluding hydrogens is 434 g/mol. The van der Waals surface area contributed by atoms with Crippen molar-refractivity contribution in [3.63, 3.8) is 0 Å². The summed E-state index contributed by atoms with van der Waals surface area (Å²) in [4.78, 5) is 14.4. The maximum absolute atomic E-state index is 15.6. The molecule has 0 radical (unpaired) electrons. The Morgan fingerprint density at radius 2 is 2.22 bits per heavy atom. The van der Waals surface area contributed by atoms with E-state index in [1.54, 1.807) is 23.0 Å². The number of H-pyrrole nitrogens is 1. The number of anilines is 2. The van der Waals surface area contributed by atoms with E-state index in [0.29, 0.717) is 28.5 Å². The number of aromatic nitrogens is 4. The number of halogens is 2. The average Bonchev–Trinajstić information content (AvgIpc) is 3.15. The number of nitrogens with zero attached hydrogens (tertiary/aromatic N) is 4. The van der Waals surface area contributed by atoms with E-state index >= 15 is 4.39 Å². The highest BCUT2D eigenvalue weighted by atomic mass is 32.2. The van der Waals surface area contributed by atoms with Gasteiger partial charge in [-0.3, -0.25) is 9.89 Å². The predicted octanol–water partition coefficient (Wildman–Crippen LogP) is 4.49. The molecule has 10 heteroatoms. The second kappa shape index (κ2) is 7.77. The quantitative estimate of drug-likeness (QED) is 0.418. The third-order valence-electron chi connectivity index (χ3n) is 5.89. The zero-order valence-electron chi connectivity index (χ0n) is 17.8. The minimum absolute atomic E-state index is 0.260. The van der Waals surface area contributed by atoms with Crippen LogP contribution in [0.25, 0.3) is 27.5 Å². The largest absolute Gasteiger partial charge is 0.371 e. The van der Waals surface area contributed by atoms with E-state index in [-0.39, 0.29) is 18.1 Å². The lowest BCUT2D eigenvalue weighted by atomic mass is 10.0. The van der Waals surface area contributed by atoms with E-state index in [0.717, 1.165) is 22.0 Å². The van der Waals surface area contributed by atoms with Gasteiger partial charge in [0.25, 0.3) is 0 Å². The number of carbonyl (C=O) groups excluding carboxylic acids is 1. The maximum atomic E-state index is 15.6. The molecule has 1 aliphatic carbocycles. The first kappa shape index (κ1) is 20.7. The Morgan fingerprint density at radius 1 is 1.44 bits per heavy atom. The van der Waals surface area contributed by atoms with Crippen LogP contribution in [0.15, 0.2) is 35.5 Å². The summed E-state index contributed by atoms with van der Waals surface area (Å²) in [5.74, 6) is -0.878. The molecule has 1 saturated carbocycles. The molecule has 166 valence electrons. The second-order valence-electron chi connectivity index (χ2n) is 7.91. The van der Waals surface area contributed by atoms with Crippen LogP contribution in [-0.4, -0.2) is 51.7 Å². The summed E-state index contributed by atoms with van der Waals surface area (Å²) in [5.41, 5.74) is 3.42. The van der Waals surface area contributed by atoms with Gasteiger partial charge in [-0.2, -0.15) is 10.2 Å². The van der Waals surface area contributed by atoms with Crippen LogP contribution in [0.2, 0.25) is 0 Å². The molecule has 3 heterocycles. The third kappa shape index (κ3) is 3.29. The zero-order valence-corrected chi connectivity index (χ0v) is 18.6. The normalized spacial score (nSPS) is 17.8. The number of alkyl halides is 1. The lowest BCUT2D eigenvalue weighted by molar-refractivity contribution is -0.117. The van der Waals surface area contributed by atoms with Crippen molar-refractivity contribution in [1.29, 1.82) is 0 Å². The summed E-state index contributed by atoms with van der Waals surface area (Å²) in [6.45, 7) is 2.62. The Bertz CT molecular complexity index is 1350. The van der Waals surface area contributed by atoms with E-state index in [1.165, 1.54) is 11.8 Å². The molecule has 0 aliphatic heterocycles. The Balaban J connectivity index is 1.61. The molecule has 5 rings (SSSR count). The number of nitrogens with one attached hydrogen (secondary N) is 2.